The van der Waals surface area contributed by atoms with Crippen molar-refractivity contribution in [2.75, 3.05) is 0 Å². The Balaban J connectivity index is 2.10. The van der Waals surface area contributed by atoms with Crippen LogP contribution in [0.4, 0.5) is 0 Å². The molecular formula is C17H33B. The summed E-state index contributed by atoms with van der Waals surface area (Å²) in [6, 6.07) is 0. The maximum absolute atomic E-state index is 2.61. The fourth-order valence-electron chi connectivity index (χ4n) is 4.72. The molecule has 2 unspecified atom stereocenters. The molecule has 0 saturated carbocycles. The van der Waals surface area contributed by atoms with Gasteiger partial charge in [-0.1, -0.05) is 108 Å². The van der Waals surface area contributed by atoms with Crippen LogP contribution in [-0.4, -0.2) is 7.28 Å². The van der Waals surface area contributed by atoms with Crippen LogP contribution in [0.3, 0.4) is 0 Å². The van der Waals surface area contributed by atoms with Crippen LogP contribution in [-0.2, 0) is 0 Å². The molecule has 1 heteroatoms. The molecule has 0 aliphatic carbocycles. The summed E-state index contributed by atoms with van der Waals surface area (Å²) in [5.41, 5.74) is 0. The first-order valence-corrected chi connectivity index (χ1v) is 8.62. The van der Waals surface area contributed by atoms with Crippen molar-refractivity contribution < 1.29 is 0 Å². The monoisotopic (exact) mass is 248 g/mol. The normalized spacial score (nSPS) is 39.9. The predicted molar refractivity (Wildman–Crippen MR) is 83.9 cm³/mol. The van der Waals surface area contributed by atoms with Gasteiger partial charge in [-0.05, 0) is 0 Å². The molecule has 2 rings (SSSR count). The predicted octanol–water partition coefficient (Wildman–Crippen LogP) is 5.88. The molecule has 0 spiro atoms. The molecule has 0 aromatic heterocycles. The first-order valence-electron chi connectivity index (χ1n) is 8.62. The lowest BCUT2D eigenvalue weighted by Crippen LogP contribution is -2.29. The SMILES string of the molecule is CC12BC(C)(CCCCCCC1)CCCCCC2. The van der Waals surface area contributed by atoms with E-state index in [-0.39, 0.29) is 0 Å². The molecule has 104 valence electrons. The Kier molecular flexibility index (Phi) is 5.21. The highest BCUT2D eigenvalue weighted by atomic mass is 14.3. The summed E-state index contributed by atoms with van der Waals surface area (Å²) >= 11 is 0. The third-order valence-electron chi connectivity index (χ3n) is 5.72. The minimum Gasteiger partial charge on any atom is -0.0665 e. The zero-order valence-corrected chi connectivity index (χ0v) is 12.9. The zero-order valence-electron chi connectivity index (χ0n) is 12.9. The highest BCUT2D eigenvalue weighted by Crippen LogP contribution is 2.50. The van der Waals surface area contributed by atoms with Gasteiger partial charge in [-0.25, -0.2) is 0 Å². The summed E-state index contributed by atoms with van der Waals surface area (Å²) in [5, 5.41) is 1.33. The average molecular weight is 248 g/mol. The fourth-order valence-corrected chi connectivity index (χ4v) is 4.72. The Labute approximate surface area is 116 Å². The van der Waals surface area contributed by atoms with Gasteiger partial charge in [0.05, 0.1) is 0 Å². The van der Waals surface area contributed by atoms with E-state index in [4.69, 9.17) is 0 Å². The summed E-state index contributed by atoms with van der Waals surface area (Å²) < 4.78 is 0. The second-order valence-corrected chi connectivity index (χ2v) is 7.98. The molecule has 0 aromatic carbocycles. The van der Waals surface area contributed by atoms with Gasteiger partial charge in [0, 0.05) is 0 Å². The third-order valence-corrected chi connectivity index (χ3v) is 5.72. The van der Waals surface area contributed by atoms with Crippen molar-refractivity contribution in [2.45, 2.75) is 108 Å². The summed E-state index contributed by atoms with van der Waals surface area (Å²) in [6.45, 7) is 5.22. The summed E-state index contributed by atoms with van der Waals surface area (Å²) in [6.07, 6.45) is 19.4. The highest BCUT2D eigenvalue weighted by Gasteiger charge is 2.36. The van der Waals surface area contributed by atoms with Gasteiger partial charge in [0.1, 0.15) is 7.28 Å². The first-order chi connectivity index (χ1) is 8.62. The molecule has 0 N–H and O–H groups in total. The minimum atomic E-state index is 0.663. The van der Waals surface area contributed by atoms with Gasteiger partial charge in [-0.15, -0.1) is 0 Å². The van der Waals surface area contributed by atoms with Crippen molar-refractivity contribution in [1.82, 2.24) is 0 Å². The van der Waals surface area contributed by atoms with Crippen molar-refractivity contribution in [3.63, 3.8) is 0 Å². The molecule has 2 atom stereocenters. The van der Waals surface area contributed by atoms with E-state index in [9.17, 15) is 0 Å². The lowest BCUT2D eigenvalue weighted by molar-refractivity contribution is 0.408. The Hall–Kier alpha value is 0.0649. The topological polar surface area (TPSA) is 0 Å². The van der Waals surface area contributed by atoms with E-state index in [1.165, 1.54) is 90.8 Å². The molecule has 0 nitrogen and oxygen atoms in total. The Morgan fingerprint density at radius 2 is 0.778 bits per heavy atom. The van der Waals surface area contributed by atoms with Crippen LogP contribution in [0.15, 0.2) is 0 Å². The maximum atomic E-state index is 2.61. The Morgan fingerprint density at radius 3 is 1.11 bits per heavy atom. The van der Waals surface area contributed by atoms with Crippen molar-refractivity contribution in [2.24, 2.45) is 0 Å². The molecule has 2 saturated heterocycles. The standard InChI is InChI=1S/C17H33B/c1-16-12-8-4-3-5-9-13-17(2,18-16)15-11-7-6-10-14-16/h18H,3-15H2,1-2H3. The molecule has 0 aromatic rings. The largest absolute Gasteiger partial charge is 0.134 e. The van der Waals surface area contributed by atoms with Crippen LogP contribution in [0.1, 0.15) is 97.3 Å². The smallest absolute Gasteiger partial charge is 0.0665 e. The third kappa shape index (κ3) is 4.32. The van der Waals surface area contributed by atoms with Crippen LogP contribution < -0.4 is 0 Å². The minimum absolute atomic E-state index is 0.663. The van der Waals surface area contributed by atoms with E-state index in [1.54, 1.807) is 0 Å². The van der Waals surface area contributed by atoms with Crippen molar-refractivity contribution in [3.8, 4) is 0 Å². The molecule has 2 aliphatic rings. The van der Waals surface area contributed by atoms with Gasteiger partial charge < -0.3 is 0 Å². The Morgan fingerprint density at radius 1 is 0.500 bits per heavy atom. The highest BCUT2D eigenvalue weighted by molar-refractivity contribution is 6.44. The van der Waals surface area contributed by atoms with E-state index in [2.05, 4.69) is 13.8 Å². The second-order valence-electron chi connectivity index (χ2n) is 7.98. The molecule has 18 heavy (non-hydrogen) atoms. The van der Waals surface area contributed by atoms with Crippen LogP contribution in [0.2, 0.25) is 10.6 Å². The van der Waals surface area contributed by atoms with Gasteiger partial charge in [0.15, 0.2) is 0 Å². The lowest BCUT2D eigenvalue weighted by atomic mass is 9.36. The second kappa shape index (κ2) is 6.48. The van der Waals surface area contributed by atoms with Crippen LogP contribution in [0.25, 0.3) is 0 Å². The molecule has 2 heterocycles. The van der Waals surface area contributed by atoms with Gasteiger partial charge in [0.25, 0.3) is 0 Å². The molecule has 0 amide bonds. The molecule has 2 aliphatic heterocycles. The van der Waals surface area contributed by atoms with Gasteiger partial charge in [-0.2, -0.15) is 0 Å². The zero-order chi connectivity index (χ0) is 12.9. The van der Waals surface area contributed by atoms with Crippen LogP contribution in [0.5, 0.6) is 0 Å². The van der Waals surface area contributed by atoms with E-state index < -0.39 is 0 Å². The summed E-state index contributed by atoms with van der Waals surface area (Å²) in [7, 11) is 1.51. The van der Waals surface area contributed by atoms with Crippen molar-refractivity contribution in [1.29, 1.82) is 0 Å². The fraction of sp³-hybridized carbons (Fsp3) is 1.00. The first kappa shape index (κ1) is 14.5. The maximum Gasteiger partial charge on any atom is 0.134 e. The summed E-state index contributed by atoms with van der Waals surface area (Å²) in [5.74, 6) is 0. The molecule has 0 radical (unpaired) electrons. The van der Waals surface area contributed by atoms with E-state index >= 15 is 0 Å². The number of hydrogen-bond acceptors (Lipinski definition) is 0. The van der Waals surface area contributed by atoms with Crippen molar-refractivity contribution >= 4 is 7.28 Å². The number of rotatable bonds is 0. The lowest BCUT2D eigenvalue weighted by Gasteiger charge is -2.39. The van der Waals surface area contributed by atoms with E-state index in [0.29, 0.717) is 10.6 Å². The van der Waals surface area contributed by atoms with Crippen LogP contribution in [0, 0.1) is 0 Å². The van der Waals surface area contributed by atoms with E-state index in [1.807, 2.05) is 0 Å². The quantitative estimate of drug-likeness (QED) is 0.470. The molecular weight excluding hydrogens is 215 g/mol. The average Bonchev–Trinajstić information content (AvgIpc) is 2.38. The van der Waals surface area contributed by atoms with E-state index in [0.717, 1.165) is 0 Å². The van der Waals surface area contributed by atoms with Gasteiger partial charge in [-0.3, -0.25) is 0 Å². The summed E-state index contributed by atoms with van der Waals surface area (Å²) in [4.78, 5) is 0. The number of fused-ring (bicyclic) bond motifs is 2. The number of hydrogen-bond donors (Lipinski definition) is 0. The molecule has 2 fully saturated rings. The Bertz CT molecular complexity index is 226. The molecule has 2 bridgehead atoms. The van der Waals surface area contributed by atoms with Crippen molar-refractivity contribution in [3.05, 3.63) is 0 Å². The van der Waals surface area contributed by atoms with Crippen LogP contribution >= 0.6 is 0 Å². The van der Waals surface area contributed by atoms with Gasteiger partial charge >= 0.3 is 0 Å². The van der Waals surface area contributed by atoms with Gasteiger partial charge in [0.2, 0.25) is 0 Å².